The number of esters is 1. The first kappa shape index (κ1) is 20.7. The first-order chi connectivity index (χ1) is 12.8. The fourth-order valence-electron chi connectivity index (χ4n) is 2.03. The summed E-state index contributed by atoms with van der Waals surface area (Å²) in [4.78, 5) is 39.6. The van der Waals surface area contributed by atoms with Gasteiger partial charge in [0.15, 0.2) is 11.9 Å². The normalized spacial score (nSPS) is 11.4. The Labute approximate surface area is 166 Å². The van der Waals surface area contributed by atoms with Crippen molar-refractivity contribution in [2.75, 3.05) is 11.9 Å². The Bertz CT molecular complexity index is 831. The Balaban J connectivity index is 1.77. The van der Waals surface area contributed by atoms with Gasteiger partial charge in [0.05, 0.1) is 16.5 Å². The molecule has 2 aromatic rings. The molecule has 0 aliphatic heterocycles. The molecule has 1 aromatic carbocycles. The number of carbonyl (C=O) groups is 3. The minimum absolute atomic E-state index is 0.102. The van der Waals surface area contributed by atoms with Crippen LogP contribution < -0.4 is 10.6 Å². The van der Waals surface area contributed by atoms with E-state index in [-0.39, 0.29) is 29.7 Å². The maximum absolute atomic E-state index is 12.1. The van der Waals surface area contributed by atoms with E-state index in [1.165, 1.54) is 19.2 Å². The van der Waals surface area contributed by atoms with Crippen LogP contribution in [-0.2, 0) is 25.5 Å². The minimum Gasteiger partial charge on any atom is -0.451 e. The maximum atomic E-state index is 12.1. The van der Waals surface area contributed by atoms with Gasteiger partial charge in [-0.3, -0.25) is 14.4 Å². The third-order valence-corrected chi connectivity index (χ3v) is 3.86. The Hall–Kier alpha value is -2.64. The van der Waals surface area contributed by atoms with Crippen LogP contribution in [0.25, 0.3) is 0 Å². The van der Waals surface area contributed by atoms with Crippen molar-refractivity contribution in [3.05, 3.63) is 58.2 Å². The number of benzene rings is 1. The van der Waals surface area contributed by atoms with Crippen LogP contribution in [0, 0.1) is 0 Å². The molecule has 2 amide bonds. The average molecular weight is 410 g/mol. The van der Waals surface area contributed by atoms with Crippen LogP contribution in [0.5, 0.6) is 0 Å². The van der Waals surface area contributed by atoms with Gasteiger partial charge in [-0.1, -0.05) is 53.5 Å². The smallest absolute Gasteiger partial charge is 0.326 e. The lowest BCUT2D eigenvalue weighted by Crippen LogP contribution is -2.36. The summed E-state index contributed by atoms with van der Waals surface area (Å²) >= 11 is 11.7. The van der Waals surface area contributed by atoms with Crippen molar-refractivity contribution < 1.29 is 19.1 Å². The number of nitrogens with zero attached hydrogens (tertiary/aromatic N) is 1. The summed E-state index contributed by atoms with van der Waals surface area (Å²) in [6.07, 6.45) is 0.365. The zero-order chi connectivity index (χ0) is 19.8. The van der Waals surface area contributed by atoms with E-state index in [9.17, 15) is 14.4 Å². The minimum atomic E-state index is -1.10. The average Bonchev–Trinajstić information content (AvgIpc) is 2.63. The van der Waals surface area contributed by atoms with Gasteiger partial charge in [0.2, 0.25) is 5.91 Å². The number of hydrogen-bond donors (Lipinski definition) is 2. The van der Waals surface area contributed by atoms with Crippen molar-refractivity contribution in [1.82, 2.24) is 10.3 Å². The predicted octanol–water partition coefficient (Wildman–Crippen LogP) is 2.62. The highest BCUT2D eigenvalue weighted by Crippen LogP contribution is 2.22. The second kappa shape index (κ2) is 9.89. The van der Waals surface area contributed by atoms with E-state index in [4.69, 9.17) is 27.9 Å². The van der Waals surface area contributed by atoms with E-state index in [0.29, 0.717) is 5.02 Å². The number of halogens is 2. The Kier molecular flexibility index (Phi) is 7.57. The van der Waals surface area contributed by atoms with E-state index >= 15 is 0 Å². The second-order valence-corrected chi connectivity index (χ2v) is 6.39. The number of hydrogen-bond acceptors (Lipinski definition) is 5. The third-order valence-electron chi connectivity index (χ3n) is 3.36. The molecule has 0 fully saturated rings. The maximum Gasteiger partial charge on any atom is 0.326 e. The summed E-state index contributed by atoms with van der Waals surface area (Å²) < 4.78 is 4.99. The quantitative estimate of drug-likeness (QED) is 0.684. The Morgan fingerprint density at radius 1 is 1.19 bits per heavy atom. The highest BCUT2D eigenvalue weighted by atomic mass is 35.5. The summed E-state index contributed by atoms with van der Waals surface area (Å²) in [7, 11) is 0. The molecule has 0 bridgehead atoms. The first-order valence-electron chi connectivity index (χ1n) is 7.97. The molecule has 0 aliphatic rings. The van der Waals surface area contributed by atoms with Crippen molar-refractivity contribution >= 4 is 46.8 Å². The fourth-order valence-corrected chi connectivity index (χ4v) is 2.46. The molecule has 1 heterocycles. The lowest BCUT2D eigenvalue weighted by Gasteiger charge is -2.14. The molecule has 7 nitrogen and oxygen atoms in total. The molecule has 1 atom stereocenters. The molecule has 0 radical (unpaired) electrons. The van der Waals surface area contributed by atoms with Gasteiger partial charge in [0, 0.05) is 6.20 Å². The largest absolute Gasteiger partial charge is 0.451 e. The van der Waals surface area contributed by atoms with Gasteiger partial charge in [-0.15, -0.1) is 0 Å². The van der Waals surface area contributed by atoms with Crippen LogP contribution >= 0.6 is 23.2 Å². The van der Waals surface area contributed by atoms with Gasteiger partial charge in [0.1, 0.15) is 6.54 Å². The molecule has 0 saturated carbocycles. The molecule has 0 unspecified atom stereocenters. The van der Waals surface area contributed by atoms with E-state index in [1.54, 1.807) is 12.1 Å². The van der Waals surface area contributed by atoms with Gasteiger partial charge < -0.3 is 15.4 Å². The zero-order valence-electron chi connectivity index (χ0n) is 14.4. The molecule has 142 valence electrons. The summed E-state index contributed by atoms with van der Waals surface area (Å²) in [5.74, 6) is -1.58. The highest BCUT2D eigenvalue weighted by molar-refractivity contribution is 6.36. The first-order valence-corrected chi connectivity index (χ1v) is 8.72. The van der Waals surface area contributed by atoms with Crippen LogP contribution in [0.2, 0.25) is 10.0 Å². The molecule has 0 spiro atoms. The lowest BCUT2D eigenvalue weighted by atomic mass is 10.1. The van der Waals surface area contributed by atoms with Crippen LogP contribution in [0.15, 0.2) is 42.6 Å². The summed E-state index contributed by atoms with van der Waals surface area (Å²) in [5, 5.41) is 5.36. The molecule has 2 rings (SSSR count). The van der Waals surface area contributed by atoms with Gasteiger partial charge in [-0.2, -0.15) is 0 Å². The van der Waals surface area contributed by atoms with Crippen molar-refractivity contribution in [1.29, 1.82) is 0 Å². The molecular formula is C18H17Cl2N3O4. The van der Waals surface area contributed by atoms with Gasteiger partial charge >= 0.3 is 5.97 Å². The molecule has 1 aromatic heterocycles. The Morgan fingerprint density at radius 3 is 2.56 bits per heavy atom. The van der Waals surface area contributed by atoms with Crippen molar-refractivity contribution in [3.8, 4) is 0 Å². The van der Waals surface area contributed by atoms with E-state index in [0.717, 1.165) is 5.56 Å². The standard InChI is InChI=1S/C18H17Cl2N3O4/c1-11(18(26)23-17-14(20)8-13(19)9-22-17)27-16(25)10-21-15(24)7-12-5-3-2-4-6-12/h2-6,8-9,11H,7,10H2,1H3,(H,21,24)(H,22,23,26)/t11-/m0/s1. The molecule has 27 heavy (non-hydrogen) atoms. The van der Waals surface area contributed by atoms with E-state index in [2.05, 4.69) is 15.6 Å². The number of anilines is 1. The molecule has 2 N–H and O–H groups in total. The second-order valence-electron chi connectivity index (χ2n) is 5.54. The summed E-state index contributed by atoms with van der Waals surface area (Å²) in [6, 6.07) is 10.5. The fraction of sp³-hybridized carbons (Fsp3) is 0.222. The molecule has 0 saturated heterocycles. The van der Waals surface area contributed by atoms with E-state index < -0.39 is 18.0 Å². The van der Waals surface area contributed by atoms with Crippen molar-refractivity contribution in [2.24, 2.45) is 0 Å². The van der Waals surface area contributed by atoms with E-state index in [1.807, 2.05) is 18.2 Å². The van der Waals surface area contributed by atoms with Crippen LogP contribution in [0.3, 0.4) is 0 Å². The number of pyridine rings is 1. The monoisotopic (exact) mass is 409 g/mol. The Morgan fingerprint density at radius 2 is 1.89 bits per heavy atom. The van der Waals surface area contributed by atoms with Crippen LogP contribution in [0.4, 0.5) is 5.82 Å². The van der Waals surface area contributed by atoms with Gasteiger partial charge in [-0.25, -0.2) is 4.98 Å². The number of amides is 2. The number of ether oxygens (including phenoxy) is 1. The van der Waals surface area contributed by atoms with Crippen LogP contribution in [-0.4, -0.2) is 35.4 Å². The SMILES string of the molecule is C[C@H](OC(=O)CNC(=O)Cc1ccccc1)C(=O)Nc1ncc(Cl)cc1Cl. The van der Waals surface area contributed by atoms with Gasteiger partial charge in [0.25, 0.3) is 5.91 Å². The molecular weight excluding hydrogens is 393 g/mol. The topological polar surface area (TPSA) is 97.4 Å². The van der Waals surface area contributed by atoms with Crippen molar-refractivity contribution in [3.63, 3.8) is 0 Å². The molecule has 9 heteroatoms. The number of carbonyl (C=O) groups excluding carboxylic acids is 3. The van der Waals surface area contributed by atoms with Gasteiger partial charge in [-0.05, 0) is 18.6 Å². The predicted molar refractivity (Wildman–Crippen MR) is 102 cm³/mol. The molecule has 0 aliphatic carbocycles. The number of aromatic nitrogens is 1. The third kappa shape index (κ3) is 6.88. The summed E-state index contributed by atoms with van der Waals surface area (Å²) in [6.45, 7) is 1.05. The van der Waals surface area contributed by atoms with Crippen molar-refractivity contribution in [2.45, 2.75) is 19.4 Å². The zero-order valence-corrected chi connectivity index (χ0v) is 15.9. The summed E-state index contributed by atoms with van der Waals surface area (Å²) in [5.41, 5.74) is 0.823. The highest BCUT2D eigenvalue weighted by Gasteiger charge is 2.19. The van der Waals surface area contributed by atoms with Crippen LogP contribution in [0.1, 0.15) is 12.5 Å². The number of rotatable bonds is 7. The lowest BCUT2D eigenvalue weighted by molar-refractivity contribution is -0.152. The number of nitrogens with one attached hydrogen (secondary N) is 2.